The zero-order valence-electron chi connectivity index (χ0n) is 46.3. The average Bonchev–Trinajstić information content (AvgIpc) is 3.35. The predicted octanol–water partition coefficient (Wildman–Crippen LogP) is 19.2. The number of allylic oxidation sites excluding steroid dienone is 5. The van der Waals surface area contributed by atoms with Gasteiger partial charge in [0.1, 0.15) is 0 Å². The first-order chi connectivity index (χ1) is 34.0. The molecule has 0 rings (SSSR count). The molecule has 0 fully saturated rings. The molecule has 0 aliphatic carbocycles. The third kappa shape index (κ3) is 55.2. The fourth-order valence-electron chi connectivity index (χ4n) is 9.39. The quantitative estimate of drug-likeness (QED) is 0.0321. The number of hydrogen-bond acceptors (Lipinski definition) is 5. The lowest BCUT2D eigenvalue weighted by molar-refractivity contribution is -0.143. The van der Waals surface area contributed by atoms with Gasteiger partial charge in [-0.15, -0.1) is 0 Å². The van der Waals surface area contributed by atoms with Gasteiger partial charge in [0.2, 0.25) is 5.91 Å². The number of unbranched alkanes of at least 4 members (excludes halogenated alkanes) is 42. The van der Waals surface area contributed by atoms with E-state index in [4.69, 9.17) is 4.74 Å². The number of aliphatic hydroxyl groups excluding tert-OH is 2. The Morgan fingerprint density at radius 2 is 0.681 bits per heavy atom. The Hall–Kier alpha value is -1.92. The van der Waals surface area contributed by atoms with Crippen LogP contribution in [-0.4, -0.2) is 47.4 Å². The second-order valence-electron chi connectivity index (χ2n) is 21.0. The predicted molar refractivity (Wildman–Crippen MR) is 301 cm³/mol. The number of esters is 1. The minimum absolute atomic E-state index is 0.0318. The number of carbonyl (C=O) groups is 2. The Balaban J connectivity index is 3.52. The summed E-state index contributed by atoms with van der Waals surface area (Å²) in [4.78, 5) is 24.5. The molecule has 0 aliphatic rings. The Morgan fingerprint density at radius 1 is 0.391 bits per heavy atom. The number of carbonyl (C=O) groups excluding carboxylic acids is 2. The molecular formula is C63H119NO5. The van der Waals surface area contributed by atoms with Crippen molar-refractivity contribution in [3.63, 3.8) is 0 Å². The van der Waals surface area contributed by atoms with Crippen LogP contribution in [0, 0.1) is 0 Å². The Labute approximate surface area is 430 Å². The van der Waals surface area contributed by atoms with E-state index < -0.39 is 12.1 Å². The van der Waals surface area contributed by atoms with Gasteiger partial charge in [-0.05, 0) is 89.9 Å². The van der Waals surface area contributed by atoms with Crippen LogP contribution < -0.4 is 5.32 Å². The first-order valence-corrected chi connectivity index (χ1v) is 30.8. The van der Waals surface area contributed by atoms with Gasteiger partial charge in [0, 0.05) is 12.8 Å². The highest BCUT2D eigenvalue weighted by molar-refractivity contribution is 5.76. The van der Waals surface area contributed by atoms with Gasteiger partial charge in [0.15, 0.2) is 0 Å². The highest BCUT2D eigenvalue weighted by atomic mass is 16.5. The second kappa shape index (κ2) is 58.6. The number of ether oxygens (including phenoxy) is 1. The lowest BCUT2D eigenvalue weighted by Crippen LogP contribution is -2.45. The average molecular weight is 971 g/mol. The van der Waals surface area contributed by atoms with E-state index in [1.54, 1.807) is 6.08 Å². The van der Waals surface area contributed by atoms with E-state index in [-0.39, 0.29) is 18.5 Å². The molecule has 69 heavy (non-hydrogen) atoms. The van der Waals surface area contributed by atoms with Gasteiger partial charge >= 0.3 is 5.97 Å². The van der Waals surface area contributed by atoms with Crippen LogP contribution in [0.25, 0.3) is 0 Å². The molecule has 2 unspecified atom stereocenters. The maximum atomic E-state index is 12.5. The molecule has 0 spiro atoms. The molecule has 2 atom stereocenters. The van der Waals surface area contributed by atoms with Crippen LogP contribution in [-0.2, 0) is 14.3 Å². The number of nitrogens with one attached hydrogen (secondary N) is 1. The summed E-state index contributed by atoms with van der Waals surface area (Å²) in [5, 5.41) is 23.2. The standard InChI is InChI=1S/C63H119NO5/c1-3-5-7-9-11-13-15-17-19-20-21-22-23-24-25-26-27-28-30-31-35-39-43-47-51-55-61(66)60(59-65)64-62(67)56-52-48-44-40-36-33-34-38-42-46-50-54-58-69-63(68)57-53-49-45-41-37-32-29-18-16-14-12-10-8-6-4-2/h18,29,34,38,51,55,60-61,65-66H,3-17,19-28,30-33,35-37,39-50,52-54,56-59H2,1-2H3,(H,64,67)/b29-18-,38-34-,55-51+. The van der Waals surface area contributed by atoms with E-state index in [1.807, 2.05) is 6.08 Å². The van der Waals surface area contributed by atoms with Gasteiger partial charge in [-0.2, -0.15) is 0 Å². The third-order valence-electron chi connectivity index (χ3n) is 14.1. The molecule has 0 radical (unpaired) electrons. The number of hydrogen-bond donors (Lipinski definition) is 3. The largest absolute Gasteiger partial charge is 0.466 e. The van der Waals surface area contributed by atoms with Crippen molar-refractivity contribution in [3.8, 4) is 0 Å². The molecule has 0 aromatic carbocycles. The normalized spacial score (nSPS) is 12.8. The highest BCUT2D eigenvalue weighted by Crippen LogP contribution is 2.17. The first kappa shape index (κ1) is 67.1. The highest BCUT2D eigenvalue weighted by Gasteiger charge is 2.18. The minimum atomic E-state index is -0.863. The van der Waals surface area contributed by atoms with E-state index in [0.717, 1.165) is 83.5 Å². The van der Waals surface area contributed by atoms with Crippen molar-refractivity contribution in [2.24, 2.45) is 0 Å². The Bertz CT molecular complexity index is 1120. The van der Waals surface area contributed by atoms with Crippen LogP contribution in [0.1, 0.15) is 328 Å². The summed E-state index contributed by atoms with van der Waals surface area (Å²) in [6.45, 7) is 4.85. The van der Waals surface area contributed by atoms with E-state index in [0.29, 0.717) is 19.4 Å². The minimum Gasteiger partial charge on any atom is -0.466 e. The van der Waals surface area contributed by atoms with Gasteiger partial charge < -0.3 is 20.3 Å². The van der Waals surface area contributed by atoms with Gasteiger partial charge in [-0.1, -0.05) is 262 Å². The van der Waals surface area contributed by atoms with E-state index in [9.17, 15) is 19.8 Å². The molecule has 0 saturated carbocycles. The number of aliphatic hydroxyl groups is 2. The van der Waals surface area contributed by atoms with Crippen LogP contribution in [0.4, 0.5) is 0 Å². The molecule has 0 aromatic heterocycles. The van der Waals surface area contributed by atoms with Crippen LogP contribution >= 0.6 is 0 Å². The van der Waals surface area contributed by atoms with E-state index in [2.05, 4.69) is 43.5 Å². The summed E-state index contributed by atoms with van der Waals surface area (Å²) in [6.07, 6.45) is 73.2. The molecule has 6 nitrogen and oxygen atoms in total. The summed E-state index contributed by atoms with van der Waals surface area (Å²) in [6, 6.07) is -0.649. The molecule has 1 amide bonds. The maximum absolute atomic E-state index is 12.5. The van der Waals surface area contributed by atoms with Crippen LogP contribution in [0.3, 0.4) is 0 Å². The molecule has 0 saturated heterocycles. The number of amides is 1. The van der Waals surface area contributed by atoms with Crippen molar-refractivity contribution in [3.05, 3.63) is 36.5 Å². The van der Waals surface area contributed by atoms with Gasteiger partial charge in [-0.3, -0.25) is 9.59 Å². The molecule has 0 heterocycles. The Kier molecular flexibility index (Phi) is 57.0. The molecule has 0 aromatic rings. The fourth-order valence-corrected chi connectivity index (χ4v) is 9.39. The van der Waals surface area contributed by atoms with Crippen LogP contribution in [0.2, 0.25) is 0 Å². The van der Waals surface area contributed by atoms with Gasteiger partial charge in [0.05, 0.1) is 25.4 Å². The van der Waals surface area contributed by atoms with Gasteiger partial charge in [0.25, 0.3) is 0 Å². The number of rotatable bonds is 57. The summed E-state index contributed by atoms with van der Waals surface area (Å²) in [5.74, 6) is -0.123. The van der Waals surface area contributed by atoms with E-state index in [1.165, 1.54) is 218 Å². The van der Waals surface area contributed by atoms with Crippen molar-refractivity contribution < 1.29 is 24.5 Å². The topological polar surface area (TPSA) is 95.9 Å². The molecule has 0 aliphatic heterocycles. The molecule has 406 valence electrons. The molecule has 6 heteroatoms. The Morgan fingerprint density at radius 3 is 1.03 bits per heavy atom. The molecule has 0 bridgehead atoms. The molecular weight excluding hydrogens is 851 g/mol. The lowest BCUT2D eigenvalue weighted by atomic mass is 10.0. The maximum Gasteiger partial charge on any atom is 0.305 e. The molecule has 3 N–H and O–H groups in total. The summed E-state index contributed by atoms with van der Waals surface area (Å²) in [7, 11) is 0. The first-order valence-electron chi connectivity index (χ1n) is 30.8. The van der Waals surface area contributed by atoms with Crippen LogP contribution in [0.15, 0.2) is 36.5 Å². The SMILES string of the molecule is CCCCCCCC/C=C\CCCCCCCC(=O)OCCCCC/C=C\CCCCCCCC(=O)NC(CO)C(O)/C=C/CCCCCCCCCCCCCCCCCCCCCCCCC. The smallest absolute Gasteiger partial charge is 0.305 e. The van der Waals surface area contributed by atoms with Crippen molar-refractivity contribution in [2.45, 2.75) is 341 Å². The van der Waals surface area contributed by atoms with E-state index >= 15 is 0 Å². The lowest BCUT2D eigenvalue weighted by Gasteiger charge is -2.20. The van der Waals surface area contributed by atoms with Crippen molar-refractivity contribution in [2.75, 3.05) is 13.2 Å². The zero-order valence-corrected chi connectivity index (χ0v) is 46.3. The third-order valence-corrected chi connectivity index (χ3v) is 14.1. The zero-order chi connectivity index (χ0) is 50.0. The monoisotopic (exact) mass is 970 g/mol. The van der Waals surface area contributed by atoms with Crippen LogP contribution in [0.5, 0.6) is 0 Å². The van der Waals surface area contributed by atoms with Gasteiger partial charge in [-0.25, -0.2) is 0 Å². The van der Waals surface area contributed by atoms with Crippen molar-refractivity contribution in [1.29, 1.82) is 0 Å². The summed E-state index contributed by atoms with van der Waals surface area (Å²) < 4.78 is 5.45. The van der Waals surface area contributed by atoms with Crippen molar-refractivity contribution in [1.82, 2.24) is 5.32 Å². The summed E-state index contributed by atoms with van der Waals surface area (Å²) >= 11 is 0. The van der Waals surface area contributed by atoms with Crippen molar-refractivity contribution >= 4 is 11.9 Å². The fraction of sp³-hybridized carbons (Fsp3) is 0.873. The summed E-state index contributed by atoms with van der Waals surface area (Å²) in [5.41, 5.74) is 0. The second-order valence-corrected chi connectivity index (χ2v) is 21.0.